The van der Waals surface area contributed by atoms with E-state index in [2.05, 4.69) is 20.6 Å². The number of nitriles is 2. The molecule has 8 nitrogen and oxygen atoms in total. The van der Waals surface area contributed by atoms with Crippen LogP contribution in [0, 0.1) is 22.8 Å². The molecular weight excluding hydrogens is 361 g/mol. The lowest BCUT2D eigenvalue weighted by atomic mass is 9.94. The van der Waals surface area contributed by atoms with Crippen LogP contribution < -0.4 is 22.1 Å². The summed E-state index contributed by atoms with van der Waals surface area (Å²) >= 11 is 0. The Hall–Kier alpha value is -3.99. The summed E-state index contributed by atoms with van der Waals surface area (Å²) in [7, 11) is 0. The van der Waals surface area contributed by atoms with Gasteiger partial charge < -0.3 is 16.8 Å². The Labute approximate surface area is 150 Å². The highest BCUT2D eigenvalue weighted by atomic mass is 19.4. The van der Waals surface area contributed by atoms with Crippen LogP contribution in [-0.2, 0) is 6.18 Å². The van der Waals surface area contributed by atoms with Gasteiger partial charge in [0.1, 0.15) is 29.3 Å². The number of alkyl halides is 3. The fraction of sp³-hybridized carbons (Fsp3) is 0.125. The minimum atomic E-state index is -4.48. The molecule has 1 atom stereocenters. The highest BCUT2D eigenvalue weighted by Gasteiger charge is 2.32. The molecule has 11 heteroatoms. The molecule has 1 aromatic heterocycles. The fourth-order valence-electron chi connectivity index (χ4n) is 2.68. The molecule has 0 amide bonds. The van der Waals surface area contributed by atoms with Crippen LogP contribution in [0.1, 0.15) is 28.3 Å². The molecule has 1 aromatic carbocycles. The Morgan fingerprint density at radius 1 is 1.15 bits per heavy atom. The van der Waals surface area contributed by atoms with Crippen LogP contribution in [0.2, 0.25) is 0 Å². The van der Waals surface area contributed by atoms with E-state index in [0.29, 0.717) is 5.56 Å². The van der Waals surface area contributed by atoms with Gasteiger partial charge in [0.05, 0.1) is 11.3 Å². The Morgan fingerprint density at radius 3 is 2.37 bits per heavy atom. The molecule has 0 spiro atoms. The lowest BCUT2D eigenvalue weighted by molar-refractivity contribution is -0.137. The Morgan fingerprint density at radius 2 is 1.81 bits per heavy atom. The summed E-state index contributed by atoms with van der Waals surface area (Å²) < 4.78 is 38.4. The number of anilines is 3. The second kappa shape index (κ2) is 6.38. The molecule has 0 radical (unpaired) electrons. The molecule has 27 heavy (non-hydrogen) atoms. The van der Waals surface area contributed by atoms with E-state index in [1.807, 2.05) is 6.07 Å². The first-order valence-corrected chi connectivity index (χ1v) is 7.42. The van der Waals surface area contributed by atoms with Crippen molar-refractivity contribution in [1.82, 2.24) is 10.3 Å². The number of fused-ring (bicyclic) bond motifs is 1. The number of nitrogen functional groups attached to an aromatic ring is 2. The molecule has 1 aliphatic rings. The molecule has 3 rings (SSSR count). The van der Waals surface area contributed by atoms with Crippen molar-refractivity contribution in [2.24, 2.45) is 4.99 Å². The van der Waals surface area contributed by atoms with Crippen molar-refractivity contribution in [2.75, 3.05) is 16.8 Å². The number of aliphatic imine (C=N–C) groups is 1. The third kappa shape index (κ3) is 3.14. The number of hydrogen-bond donors (Lipinski definition) is 4. The smallest absolute Gasteiger partial charge is 0.397 e. The monoisotopic (exact) mass is 372 g/mol. The number of nitrogens with zero attached hydrogens (tertiary/aromatic N) is 4. The third-order valence-corrected chi connectivity index (χ3v) is 3.91. The van der Waals surface area contributed by atoms with Crippen molar-refractivity contribution >= 4 is 23.3 Å². The SMILES string of the molecule is N#CNC1=NC(c2ccc(C(F)(F)F)cc2)c2c(nc(N)c(C#N)c2N)N1. The molecular formula is C16H11F3N8. The molecule has 0 bridgehead atoms. The second-order valence-corrected chi connectivity index (χ2v) is 5.52. The maximum atomic E-state index is 12.8. The first-order chi connectivity index (χ1) is 12.8. The van der Waals surface area contributed by atoms with Gasteiger partial charge in [0.25, 0.3) is 0 Å². The third-order valence-electron chi connectivity index (χ3n) is 3.91. The molecule has 1 unspecified atom stereocenters. The zero-order valence-corrected chi connectivity index (χ0v) is 13.5. The van der Waals surface area contributed by atoms with Crippen LogP contribution in [0.3, 0.4) is 0 Å². The van der Waals surface area contributed by atoms with Gasteiger partial charge in [0, 0.05) is 5.56 Å². The van der Waals surface area contributed by atoms with Crippen molar-refractivity contribution in [3.05, 3.63) is 46.5 Å². The van der Waals surface area contributed by atoms with Crippen molar-refractivity contribution in [2.45, 2.75) is 12.2 Å². The number of rotatable bonds is 1. The van der Waals surface area contributed by atoms with Gasteiger partial charge in [-0.3, -0.25) is 5.32 Å². The zero-order chi connectivity index (χ0) is 19.8. The largest absolute Gasteiger partial charge is 0.416 e. The van der Waals surface area contributed by atoms with E-state index >= 15 is 0 Å². The minimum Gasteiger partial charge on any atom is -0.397 e. The van der Waals surface area contributed by atoms with Gasteiger partial charge in [-0.25, -0.2) is 9.98 Å². The molecule has 0 saturated heterocycles. The standard InChI is InChI=1S/C16H11F3N8/c17-16(18,19)8-3-1-7(2-4-8)12-10-11(22)9(5-20)13(23)26-14(10)27-15(25-12)24-6-21/h1-4,12H,(H6,22,23,24,25,26,27). The summed E-state index contributed by atoms with van der Waals surface area (Å²) in [6, 6.07) is 5.28. The van der Waals surface area contributed by atoms with E-state index in [4.69, 9.17) is 16.7 Å². The van der Waals surface area contributed by atoms with Crippen molar-refractivity contribution in [3.8, 4) is 12.3 Å². The van der Waals surface area contributed by atoms with E-state index in [9.17, 15) is 18.4 Å². The van der Waals surface area contributed by atoms with Gasteiger partial charge in [-0.05, 0) is 17.7 Å². The summed E-state index contributed by atoms with van der Waals surface area (Å²) in [6.45, 7) is 0. The maximum absolute atomic E-state index is 12.8. The van der Waals surface area contributed by atoms with Gasteiger partial charge in [-0.2, -0.15) is 23.7 Å². The number of hydrogen-bond acceptors (Lipinski definition) is 8. The van der Waals surface area contributed by atoms with Crippen molar-refractivity contribution in [3.63, 3.8) is 0 Å². The number of pyridine rings is 1. The van der Waals surface area contributed by atoms with E-state index in [1.54, 1.807) is 6.19 Å². The van der Waals surface area contributed by atoms with E-state index in [1.165, 1.54) is 12.1 Å². The Bertz CT molecular complexity index is 1010. The van der Waals surface area contributed by atoms with Crippen LogP contribution in [0.5, 0.6) is 0 Å². The number of halogens is 3. The van der Waals surface area contributed by atoms with Crippen molar-refractivity contribution in [1.29, 1.82) is 10.5 Å². The van der Waals surface area contributed by atoms with Crippen LogP contribution in [0.25, 0.3) is 0 Å². The van der Waals surface area contributed by atoms with E-state index < -0.39 is 17.8 Å². The van der Waals surface area contributed by atoms with Crippen LogP contribution in [0.4, 0.5) is 30.5 Å². The topological polar surface area (TPSA) is 149 Å². The summed E-state index contributed by atoms with van der Waals surface area (Å²) in [4.78, 5) is 8.33. The minimum absolute atomic E-state index is 0.0113. The zero-order valence-electron chi connectivity index (χ0n) is 13.5. The molecule has 0 fully saturated rings. The highest BCUT2D eigenvalue weighted by Crippen LogP contribution is 2.41. The van der Waals surface area contributed by atoms with Crippen LogP contribution >= 0.6 is 0 Å². The number of nitrogens with two attached hydrogens (primary N) is 2. The summed E-state index contributed by atoms with van der Waals surface area (Å²) in [5, 5.41) is 23.1. The highest BCUT2D eigenvalue weighted by molar-refractivity contribution is 5.98. The molecule has 2 heterocycles. The van der Waals surface area contributed by atoms with Crippen molar-refractivity contribution < 1.29 is 13.2 Å². The van der Waals surface area contributed by atoms with Gasteiger partial charge in [-0.1, -0.05) is 12.1 Å². The average Bonchev–Trinajstić information content (AvgIpc) is 2.61. The van der Waals surface area contributed by atoms with Crippen LogP contribution in [0.15, 0.2) is 29.3 Å². The second-order valence-electron chi connectivity index (χ2n) is 5.52. The maximum Gasteiger partial charge on any atom is 0.416 e. The van der Waals surface area contributed by atoms with Gasteiger partial charge in [-0.15, -0.1) is 0 Å². The first-order valence-electron chi connectivity index (χ1n) is 7.42. The molecule has 1 aliphatic heterocycles. The number of benzene rings is 1. The summed E-state index contributed by atoms with van der Waals surface area (Å²) in [5.41, 5.74) is 11.6. The molecule has 136 valence electrons. The molecule has 2 aromatic rings. The molecule has 6 N–H and O–H groups in total. The number of nitrogens with one attached hydrogen (secondary N) is 2. The molecule has 0 saturated carbocycles. The van der Waals surface area contributed by atoms with Gasteiger partial charge >= 0.3 is 6.18 Å². The van der Waals surface area contributed by atoms with E-state index in [0.717, 1.165) is 12.1 Å². The van der Waals surface area contributed by atoms with E-state index in [-0.39, 0.29) is 34.4 Å². The number of guanidine groups is 1. The van der Waals surface area contributed by atoms with Gasteiger partial charge in [0.15, 0.2) is 6.19 Å². The normalized spacial score (nSPS) is 15.6. The van der Waals surface area contributed by atoms with Crippen LogP contribution in [-0.4, -0.2) is 10.9 Å². The van der Waals surface area contributed by atoms with Gasteiger partial charge in [0.2, 0.25) is 5.96 Å². The lowest BCUT2D eigenvalue weighted by Crippen LogP contribution is -2.32. The Balaban J connectivity index is 2.17. The quantitative estimate of drug-likeness (QED) is 0.442. The molecule has 0 aliphatic carbocycles. The summed E-state index contributed by atoms with van der Waals surface area (Å²) in [5.74, 6) is 0.0539. The summed E-state index contributed by atoms with van der Waals surface area (Å²) in [6.07, 6.45) is -2.80. The number of aromatic nitrogens is 1. The average molecular weight is 372 g/mol. The lowest BCUT2D eigenvalue weighted by Gasteiger charge is -2.26. The first kappa shape index (κ1) is 17.8. The fourth-order valence-corrected chi connectivity index (χ4v) is 2.68. The Kier molecular flexibility index (Phi) is 4.21. The predicted molar refractivity (Wildman–Crippen MR) is 90.9 cm³/mol. The predicted octanol–water partition coefficient (Wildman–Crippen LogP) is 2.08.